The van der Waals surface area contributed by atoms with Crippen molar-refractivity contribution in [2.45, 2.75) is 50.5 Å². The van der Waals surface area contributed by atoms with Crippen LogP contribution in [-0.2, 0) is 16.8 Å². The molecular weight excluding hydrogens is 345 g/mol. The van der Waals surface area contributed by atoms with E-state index in [2.05, 4.69) is 5.32 Å². The third kappa shape index (κ3) is 2.72. The summed E-state index contributed by atoms with van der Waals surface area (Å²) in [5.41, 5.74) is 0.807. The fraction of sp³-hybridized carbons (Fsp3) is 0.409. The first-order valence-corrected chi connectivity index (χ1v) is 9.62. The van der Waals surface area contributed by atoms with Gasteiger partial charge in [0.2, 0.25) is 5.91 Å². The van der Waals surface area contributed by atoms with Crippen molar-refractivity contribution in [1.82, 2.24) is 0 Å². The third-order valence-corrected chi connectivity index (χ3v) is 6.20. The molecule has 1 heterocycles. The van der Waals surface area contributed by atoms with Gasteiger partial charge >= 0.3 is 0 Å². The fourth-order valence-electron chi connectivity index (χ4n) is 4.89. The summed E-state index contributed by atoms with van der Waals surface area (Å²) in [4.78, 5) is 13.4. The molecule has 0 unspecified atom stereocenters. The first-order chi connectivity index (χ1) is 13.1. The van der Waals surface area contributed by atoms with E-state index in [1.165, 1.54) is 0 Å². The second-order valence-electron chi connectivity index (χ2n) is 7.62. The molecular formula is C22H24FNO3. The minimum absolute atomic E-state index is 0.0603. The molecule has 1 amide bonds. The van der Waals surface area contributed by atoms with Crippen LogP contribution in [0, 0.1) is 11.7 Å². The van der Waals surface area contributed by atoms with Crippen LogP contribution in [0.25, 0.3) is 0 Å². The van der Waals surface area contributed by atoms with Gasteiger partial charge in [0, 0.05) is 5.56 Å². The standard InChI is InChI=1S/C22H24FNO3/c23-19-14(13-25)7-12-18-20(19)24-21(27)22(18,15-5-3-1-2-4-6-15)16-8-10-17(26)11-9-16/h7-12,15,25-26H,1-6,13H2,(H,24,27)/t22-/m0/s1. The van der Waals surface area contributed by atoms with Crippen molar-refractivity contribution in [3.8, 4) is 5.75 Å². The van der Waals surface area contributed by atoms with Gasteiger partial charge in [-0.2, -0.15) is 0 Å². The second-order valence-corrected chi connectivity index (χ2v) is 7.62. The Balaban J connectivity index is 1.96. The molecule has 142 valence electrons. The van der Waals surface area contributed by atoms with Gasteiger partial charge in [0.05, 0.1) is 12.3 Å². The number of phenols is 1. The molecule has 1 atom stereocenters. The number of phenolic OH excluding ortho intramolecular Hbond substituents is 1. The maximum absolute atomic E-state index is 14.9. The van der Waals surface area contributed by atoms with E-state index in [1.54, 1.807) is 36.4 Å². The van der Waals surface area contributed by atoms with E-state index < -0.39 is 17.8 Å². The molecule has 5 heteroatoms. The number of aromatic hydroxyl groups is 1. The van der Waals surface area contributed by atoms with Gasteiger partial charge < -0.3 is 15.5 Å². The number of anilines is 1. The third-order valence-electron chi connectivity index (χ3n) is 6.20. The Morgan fingerprint density at radius 3 is 2.33 bits per heavy atom. The lowest BCUT2D eigenvalue weighted by atomic mass is 9.64. The highest BCUT2D eigenvalue weighted by Gasteiger charge is 2.54. The molecule has 4 nitrogen and oxygen atoms in total. The fourth-order valence-corrected chi connectivity index (χ4v) is 4.89. The van der Waals surface area contributed by atoms with Gasteiger partial charge in [-0.3, -0.25) is 4.79 Å². The zero-order valence-corrected chi connectivity index (χ0v) is 15.2. The molecule has 1 saturated carbocycles. The van der Waals surface area contributed by atoms with Crippen molar-refractivity contribution in [3.63, 3.8) is 0 Å². The molecule has 2 aromatic carbocycles. The number of aliphatic hydroxyl groups excluding tert-OH is 1. The van der Waals surface area contributed by atoms with Gasteiger partial charge in [-0.1, -0.05) is 49.9 Å². The van der Waals surface area contributed by atoms with Crippen LogP contribution in [-0.4, -0.2) is 16.1 Å². The summed E-state index contributed by atoms with van der Waals surface area (Å²) in [6.07, 6.45) is 6.19. The van der Waals surface area contributed by atoms with E-state index in [1.807, 2.05) is 0 Å². The Bertz CT molecular complexity index is 857. The van der Waals surface area contributed by atoms with Crippen LogP contribution >= 0.6 is 0 Å². The number of halogens is 1. The monoisotopic (exact) mass is 369 g/mol. The van der Waals surface area contributed by atoms with E-state index in [9.17, 15) is 19.4 Å². The minimum atomic E-state index is -0.970. The Kier molecular flexibility index (Phi) is 4.64. The van der Waals surface area contributed by atoms with E-state index in [4.69, 9.17) is 0 Å². The number of rotatable bonds is 3. The molecule has 0 aromatic heterocycles. The van der Waals surface area contributed by atoms with Gasteiger partial charge in [0.25, 0.3) is 0 Å². The van der Waals surface area contributed by atoms with Crippen molar-refractivity contribution >= 4 is 11.6 Å². The van der Waals surface area contributed by atoms with Crippen LogP contribution < -0.4 is 5.32 Å². The zero-order valence-electron chi connectivity index (χ0n) is 15.2. The highest BCUT2D eigenvalue weighted by Crippen LogP contribution is 2.52. The first-order valence-electron chi connectivity index (χ1n) is 9.62. The van der Waals surface area contributed by atoms with E-state index >= 15 is 0 Å². The predicted octanol–water partition coefficient (Wildman–Crippen LogP) is 4.23. The average molecular weight is 369 g/mol. The number of fused-ring (bicyclic) bond motifs is 1. The summed E-state index contributed by atoms with van der Waals surface area (Å²) in [6, 6.07) is 10.1. The summed E-state index contributed by atoms with van der Waals surface area (Å²) in [5.74, 6) is -0.581. The highest BCUT2D eigenvalue weighted by molar-refractivity contribution is 6.09. The number of aliphatic hydroxyl groups is 1. The Labute approximate surface area is 158 Å². The van der Waals surface area contributed by atoms with Crippen molar-refractivity contribution < 1.29 is 19.4 Å². The summed E-state index contributed by atoms with van der Waals surface area (Å²) < 4.78 is 14.9. The number of hydrogen-bond donors (Lipinski definition) is 3. The summed E-state index contributed by atoms with van der Waals surface area (Å²) in [6.45, 7) is -0.412. The quantitative estimate of drug-likeness (QED) is 0.709. The van der Waals surface area contributed by atoms with E-state index in [-0.39, 0.29) is 28.8 Å². The van der Waals surface area contributed by atoms with Crippen LogP contribution in [0.4, 0.5) is 10.1 Å². The van der Waals surface area contributed by atoms with Crippen molar-refractivity contribution in [1.29, 1.82) is 0 Å². The van der Waals surface area contributed by atoms with Crippen LogP contribution in [0.15, 0.2) is 36.4 Å². The summed E-state index contributed by atoms with van der Waals surface area (Å²) in [5, 5.41) is 21.9. The van der Waals surface area contributed by atoms with E-state index in [0.717, 1.165) is 44.1 Å². The predicted molar refractivity (Wildman–Crippen MR) is 101 cm³/mol. The van der Waals surface area contributed by atoms with Crippen LogP contribution in [0.3, 0.4) is 0 Å². The first kappa shape index (κ1) is 18.0. The minimum Gasteiger partial charge on any atom is -0.508 e. The number of hydrogen-bond acceptors (Lipinski definition) is 3. The molecule has 27 heavy (non-hydrogen) atoms. The second kappa shape index (κ2) is 6.97. The molecule has 0 bridgehead atoms. The van der Waals surface area contributed by atoms with Crippen molar-refractivity contribution in [3.05, 3.63) is 58.9 Å². The molecule has 2 aliphatic rings. The van der Waals surface area contributed by atoms with Gasteiger partial charge in [-0.05, 0) is 42.0 Å². The lowest BCUT2D eigenvalue weighted by molar-refractivity contribution is -0.121. The SMILES string of the molecule is O=C1Nc2c(ccc(CO)c2F)[C@@]1(c1ccc(O)cc1)C1CCCCCC1. The Morgan fingerprint density at radius 1 is 1.04 bits per heavy atom. The lowest BCUT2D eigenvalue weighted by Crippen LogP contribution is -2.43. The Morgan fingerprint density at radius 2 is 1.70 bits per heavy atom. The van der Waals surface area contributed by atoms with Crippen LogP contribution in [0.2, 0.25) is 0 Å². The maximum Gasteiger partial charge on any atom is 0.239 e. The largest absolute Gasteiger partial charge is 0.508 e. The Hall–Kier alpha value is -2.40. The average Bonchev–Trinajstić information content (AvgIpc) is 2.83. The number of benzene rings is 2. The van der Waals surface area contributed by atoms with Crippen LogP contribution in [0.5, 0.6) is 5.75 Å². The molecule has 3 N–H and O–H groups in total. The van der Waals surface area contributed by atoms with Gasteiger partial charge in [-0.25, -0.2) is 4.39 Å². The van der Waals surface area contributed by atoms with Crippen LogP contribution in [0.1, 0.15) is 55.2 Å². The molecule has 4 rings (SSSR count). The lowest BCUT2D eigenvalue weighted by Gasteiger charge is -2.36. The maximum atomic E-state index is 14.9. The number of carbonyl (C=O) groups excluding carboxylic acids is 1. The van der Waals surface area contributed by atoms with Gasteiger partial charge in [0.15, 0.2) is 5.82 Å². The molecule has 1 aliphatic carbocycles. The normalized spacial score (nSPS) is 23.0. The van der Waals surface area contributed by atoms with Crippen molar-refractivity contribution in [2.75, 3.05) is 5.32 Å². The number of amides is 1. The highest BCUT2D eigenvalue weighted by atomic mass is 19.1. The van der Waals surface area contributed by atoms with Gasteiger partial charge in [0.1, 0.15) is 11.2 Å². The number of carbonyl (C=O) groups is 1. The summed E-state index contributed by atoms with van der Waals surface area (Å²) >= 11 is 0. The zero-order chi connectivity index (χ0) is 19.0. The summed E-state index contributed by atoms with van der Waals surface area (Å²) in [7, 11) is 0. The van der Waals surface area contributed by atoms with E-state index in [0.29, 0.717) is 5.56 Å². The molecule has 1 fully saturated rings. The molecule has 0 spiro atoms. The number of nitrogens with one attached hydrogen (secondary N) is 1. The molecule has 0 radical (unpaired) electrons. The van der Waals surface area contributed by atoms with Gasteiger partial charge in [-0.15, -0.1) is 0 Å². The molecule has 2 aromatic rings. The smallest absolute Gasteiger partial charge is 0.239 e. The molecule has 0 saturated heterocycles. The topological polar surface area (TPSA) is 69.6 Å². The van der Waals surface area contributed by atoms with Crippen molar-refractivity contribution in [2.24, 2.45) is 5.92 Å². The molecule has 1 aliphatic heterocycles.